The molecule has 0 saturated carbocycles. The maximum absolute atomic E-state index is 13.3. The van der Waals surface area contributed by atoms with Crippen molar-refractivity contribution in [1.82, 2.24) is 14.5 Å². The van der Waals surface area contributed by atoms with Crippen LogP contribution < -0.4 is 0 Å². The molecule has 0 saturated heterocycles. The van der Waals surface area contributed by atoms with Gasteiger partial charge >= 0.3 is 6.18 Å². The van der Waals surface area contributed by atoms with Crippen molar-refractivity contribution in [2.24, 2.45) is 0 Å². The second kappa shape index (κ2) is 6.99. The molecule has 1 amide bonds. The van der Waals surface area contributed by atoms with Crippen LogP contribution in [0.1, 0.15) is 11.4 Å². The first-order chi connectivity index (χ1) is 12.3. The zero-order valence-corrected chi connectivity index (χ0v) is 14.6. The van der Waals surface area contributed by atoms with Crippen LogP contribution >= 0.6 is 11.6 Å². The first kappa shape index (κ1) is 18.3. The van der Waals surface area contributed by atoms with E-state index in [1.807, 2.05) is 0 Å². The lowest BCUT2D eigenvalue weighted by Gasteiger charge is -2.19. The molecule has 0 aliphatic carbocycles. The zero-order valence-electron chi connectivity index (χ0n) is 13.8. The van der Waals surface area contributed by atoms with E-state index in [2.05, 4.69) is 4.98 Å². The quantitative estimate of drug-likeness (QED) is 0.673. The van der Waals surface area contributed by atoms with Gasteiger partial charge in [-0.25, -0.2) is 4.98 Å². The lowest BCUT2D eigenvalue weighted by atomic mass is 10.2. The molecule has 3 aromatic rings. The lowest BCUT2D eigenvalue weighted by Crippen LogP contribution is -2.31. The Bertz CT molecular complexity index is 935. The molecule has 0 bridgehead atoms. The molecule has 0 radical (unpaired) electrons. The molecule has 136 valence electrons. The van der Waals surface area contributed by atoms with Gasteiger partial charge in [0.15, 0.2) is 0 Å². The largest absolute Gasteiger partial charge is 0.449 e. The fourth-order valence-corrected chi connectivity index (χ4v) is 2.79. The predicted molar refractivity (Wildman–Crippen MR) is 92.7 cm³/mol. The third-order valence-electron chi connectivity index (χ3n) is 3.96. The van der Waals surface area contributed by atoms with Crippen molar-refractivity contribution >= 4 is 28.5 Å². The maximum Gasteiger partial charge on any atom is 0.449 e. The van der Waals surface area contributed by atoms with Gasteiger partial charge in [-0.3, -0.25) is 4.79 Å². The van der Waals surface area contributed by atoms with Crippen LogP contribution in [0.3, 0.4) is 0 Å². The highest BCUT2D eigenvalue weighted by molar-refractivity contribution is 6.30. The molecule has 0 atom stereocenters. The number of alkyl halides is 3. The monoisotopic (exact) mass is 381 g/mol. The number of carbonyl (C=O) groups excluding carboxylic acids is 1. The summed E-state index contributed by atoms with van der Waals surface area (Å²) in [5.74, 6) is -1.53. The minimum absolute atomic E-state index is 0.202. The number of fused-ring (bicyclic) bond motifs is 1. The summed E-state index contributed by atoms with van der Waals surface area (Å²) in [5, 5.41) is 0.572. The van der Waals surface area contributed by atoms with E-state index in [9.17, 15) is 18.0 Å². The van der Waals surface area contributed by atoms with E-state index in [1.165, 1.54) is 17.0 Å². The molecule has 3 rings (SSSR count). The van der Waals surface area contributed by atoms with Gasteiger partial charge in [0.2, 0.25) is 11.7 Å². The summed E-state index contributed by atoms with van der Waals surface area (Å²) in [5.41, 5.74) is 1.30. The zero-order chi connectivity index (χ0) is 18.9. The summed E-state index contributed by atoms with van der Waals surface area (Å²) < 4.78 is 40.8. The molecular formula is C18H15ClF3N3O. The van der Waals surface area contributed by atoms with Gasteiger partial charge in [0, 0.05) is 18.6 Å². The fraction of sp³-hybridized carbons (Fsp3) is 0.222. The number of hydrogen-bond acceptors (Lipinski definition) is 2. The van der Waals surface area contributed by atoms with E-state index in [0.29, 0.717) is 5.02 Å². The average Bonchev–Trinajstić information content (AvgIpc) is 2.96. The van der Waals surface area contributed by atoms with Gasteiger partial charge in [0.1, 0.15) is 6.54 Å². The summed E-state index contributed by atoms with van der Waals surface area (Å²) in [7, 11) is 1.54. The molecule has 0 unspecified atom stereocenters. The number of para-hydroxylation sites is 2. The number of amides is 1. The first-order valence-corrected chi connectivity index (χ1v) is 8.14. The molecule has 2 aromatic carbocycles. The summed E-state index contributed by atoms with van der Waals surface area (Å²) in [6.45, 7) is -0.177. The smallest absolute Gasteiger partial charge is 0.340 e. The Morgan fingerprint density at radius 3 is 2.46 bits per heavy atom. The molecule has 1 aromatic heterocycles. The lowest BCUT2D eigenvalue weighted by molar-refractivity contribution is -0.148. The fourth-order valence-electron chi connectivity index (χ4n) is 2.66. The van der Waals surface area contributed by atoms with Gasteiger partial charge in [-0.15, -0.1) is 0 Å². The Labute approximate surface area is 152 Å². The van der Waals surface area contributed by atoms with Gasteiger partial charge in [-0.1, -0.05) is 35.9 Å². The van der Waals surface area contributed by atoms with E-state index in [0.717, 1.165) is 10.1 Å². The molecule has 0 fully saturated rings. The molecule has 0 aliphatic rings. The maximum atomic E-state index is 13.3. The summed E-state index contributed by atoms with van der Waals surface area (Å²) >= 11 is 5.82. The van der Waals surface area contributed by atoms with Crippen molar-refractivity contribution in [2.45, 2.75) is 19.3 Å². The van der Waals surface area contributed by atoms with Crippen LogP contribution in [-0.2, 0) is 24.1 Å². The van der Waals surface area contributed by atoms with E-state index < -0.39 is 24.5 Å². The van der Waals surface area contributed by atoms with E-state index in [4.69, 9.17) is 11.6 Å². The number of hydrogen-bond donors (Lipinski definition) is 0. The third kappa shape index (κ3) is 3.83. The van der Waals surface area contributed by atoms with Crippen LogP contribution in [0.2, 0.25) is 5.02 Å². The third-order valence-corrected chi connectivity index (χ3v) is 4.21. The minimum atomic E-state index is -4.64. The number of halogens is 4. The number of carbonyl (C=O) groups is 1. The van der Waals surface area contributed by atoms with Crippen molar-refractivity contribution in [1.29, 1.82) is 0 Å². The molecule has 1 heterocycles. The standard InChI is InChI=1S/C18H15ClF3N3O/c1-24(10-12-6-8-13(19)9-7-12)16(26)11-25-15-5-3-2-4-14(15)23-17(25)18(20,21)22/h2-9H,10-11H2,1H3. The van der Waals surface area contributed by atoms with Crippen molar-refractivity contribution < 1.29 is 18.0 Å². The molecule has 4 nitrogen and oxygen atoms in total. The van der Waals surface area contributed by atoms with Crippen LogP contribution in [0.5, 0.6) is 0 Å². The van der Waals surface area contributed by atoms with Crippen LogP contribution in [-0.4, -0.2) is 27.4 Å². The Morgan fingerprint density at radius 2 is 1.81 bits per heavy atom. The van der Waals surface area contributed by atoms with Gasteiger partial charge in [-0.2, -0.15) is 13.2 Å². The second-order valence-electron chi connectivity index (χ2n) is 5.88. The Kier molecular flexibility index (Phi) is 4.91. The number of aromatic nitrogens is 2. The SMILES string of the molecule is CN(Cc1ccc(Cl)cc1)C(=O)Cn1c(C(F)(F)F)nc2ccccc21. The van der Waals surface area contributed by atoms with Crippen LogP contribution in [0.15, 0.2) is 48.5 Å². The summed E-state index contributed by atoms with van der Waals surface area (Å²) in [4.78, 5) is 17.5. The molecule has 0 aliphatic heterocycles. The molecule has 0 N–H and O–H groups in total. The number of nitrogens with zero attached hydrogens (tertiary/aromatic N) is 3. The highest BCUT2D eigenvalue weighted by Gasteiger charge is 2.38. The van der Waals surface area contributed by atoms with Crippen LogP contribution in [0, 0.1) is 0 Å². The highest BCUT2D eigenvalue weighted by atomic mass is 35.5. The topological polar surface area (TPSA) is 38.1 Å². The van der Waals surface area contributed by atoms with E-state index >= 15 is 0 Å². The predicted octanol–water partition coefficient (Wildman–Crippen LogP) is 4.37. The van der Waals surface area contributed by atoms with Crippen LogP contribution in [0.25, 0.3) is 11.0 Å². The first-order valence-electron chi connectivity index (χ1n) is 7.76. The van der Waals surface area contributed by atoms with E-state index in [1.54, 1.807) is 43.4 Å². The minimum Gasteiger partial charge on any atom is -0.340 e. The molecule has 0 spiro atoms. The van der Waals surface area contributed by atoms with Gasteiger partial charge in [-0.05, 0) is 29.8 Å². The van der Waals surface area contributed by atoms with Gasteiger partial charge in [0.25, 0.3) is 0 Å². The Balaban J connectivity index is 1.85. The molecular weight excluding hydrogens is 367 g/mol. The second-order valence-corrected chi connectivity index (χ2v) is 6.32. The Morgan fingerprint density at radius 1 is 1.15 bits per heavy atom. The average molecular weight is 382 g/mol. The van der Waals surface area contributed by atoms with Crippen molar-refractivity contribution in [3.05, 3.63) is 64.9 Å². The molecule has 26 heavy (non-hydrogen) atoms. The highest BCUT2D eigenvalue weighted by Crippen LogP contribution is 2.31. The summed E-state index contributed by atoms with van der Waals surface area (Å²) in [6.07, 6.45) is -4.64. The van der Waals surface area contributed by atoms with Crippen molar-refractivity contribution in [3.8, 4) is 0 Å². The van der Waals surface area contributed by atoms with Crippen molar-refractivity contribution in [3.63, 3.8) is 0 Å². The van der Waals surface area contributed by atoms with Crippen molar-refractivity contribution in [2.75, 3.05) is 7.05 Å². The van der Waals surface area contributed by atoms with Gasteiger partial charge in [0.05, 0.1) is 11.0 Å². The van der Waals surface area contributed by atoms with E-state index in [-0.39, 0.29) is 17.6 Å². The number of imidazole rings is 1. The number of rotatable bonds is 4. The van der Waals surface area contributed by atoms with Gasteiger partial charge < -0.3 is 9.47 Å². The molecule has 8 heteroatoms. The van der Waals surface area contributed by atoms with Crippen LogP contribution in [0.4, 0.5) is 13.2 Å². The number of likely N-dealkylation sites (N-methyl/N-ethyl adjacent to an activating group) is 1. The normalized spacial score (nSPS) is 11.7. The number of benzene rings is 2. The summed E-state index contributed by atoms with van der Waals surface area (Å²) in [6, 6.07) is 13.1. The Hall–Kier alpha value is -2.54.